The van der Waals surface area contributed by atoms with Gasteiger partial charge in [0.25, 0.3) is 0 Å². The highest BCUT2D eigenvalue weighted by atomic mass is 16.5. The van der Waals surface area contributed by atoms with E-state index in [-0.39, 0.29) is 0 Å². The smallest absolute Gasteiger partial charge is 0.224 e. The van der Waals surface area contributed by atoms with Gasteiger partial charge in [0.2, 0.25) is 11.8 Å². The quantitative estimate of drug-likeness (QED) is 0.826. The predicted molar refractivity (Wildman–Crippen MR) is 67.7 cm³/mol. The van der Waals surface area contributed by atoms with Gasteiger partial charge in [0.05, 0.1) is 30.5 Å². The molecule has 18 heavy (non-hydrogen) atoms. The third-order valence-electron chi connectivity index (χ3n) is 2.52. The fourth-order valence-electron chi connectivity index (χ4n) is 1.75. The number of rotatable bonds is 4. The van der Waals surface area contributed by atoms with Crippen molar-refractivity contribution in [1.82, 2.24) is 15.0 Å². The molecule has 0 bridgehead atoms. The van der Waals surface area contributed by atoms with E-state index < -0.39 is 0 Å². The molecule has 0 unspecified atom stereocenters. The Kier molecular flexibility index (Phi) is 3.72. The minimum atomic E-state index is 0.524. The van der Waals surface area contributed by atoms with Crippen molar-refractivity contribution in [1.29, 1.82) is 0 Å². The molecule has 0 aliphatic rings. The summed E-state index contributed by atoms with van der Waals surface area (Å²) in [6, 6.07) is 3.77. The summed E-state index contributed by atoms with van der Waals surface area (Å²) in [7, 11) is 1.59. The van der Waals surface area contributed by atoms with Gasteiger partial charge >= 0.3 is 0 Å². The highest BCUT2D eigenvalue weighted by Gasteiger charge is 2.16. The number of methoxy groups -OCH3 is 1. The maximum absolute atomic E-state index is 5.52. The summed E-state index contributed by atoms with van der Waals surface area (Å²) in [5, 5.41) is 0. The first kappa shape index (κ1) is 12.3. The molecule has 0 saturated carbocycles. The molecule has 0 amide bonds. The van der Waals surface area contributed by atoms with Crippen LogP contribution in [0.2, 0.25) is 0 Å². The van der Waals surface area contributed by atoms with Crippen molar-refractivity contribution in [3.8, 4) is 22.9 Å². The van der Waals surface area contributed by atoms with E-state index in [1.807, 2.05) is 26.0 Å². The fraction of sp³-hybridized carbons (Fsp3) is 0.308. The van der Waals surface area contributed by atoms with Crippen molar-refractivity contribution in [2.75, 3.05) is 13.7 Å². The molecule has 5 nitrogen and oxygen atoms in total. The van der Waals surface area contributed by atoms with Crippen LogP contribution in [0.5, 0.6) is 11.8 Å². The van der Waals surface area contributed by atoms with Crippen molar-refractivity contribution in [2.24, 2.45) is 0 Å². The van der Waals surface area contributed by atoms with E-state index in [0.717, 1.165) is 16.8 Å². The van der Waals surface area contributed by atoms with Crippen LogP contribution < -0.4 is 9.47 Å². The zero-order chi connectivity index (χ0) is 13.0. The summed E-state index contributed by atoms with van der Waals surface area (Å²) >= 11 is 0. The lowest BCUT2D eigenvalue weighted by atomic mass is 10.1. The molecule has 2 aromatic heterocycles. The number of nitrogens with zero attached hydrogens (tertiary/aromatic N) is 3. The lowest BCUT2D eigenvalue weighted by Crippen LogP contribution is -2.01. The molecule has 0 spiro atoms. The molecule has 0 atom stereocenters. The predicted octanol–water partition coefficient (Wildman–Crippen LogP) is 2.25. The van der Waals surface area contributed by atoms with Gasteiger partial charge in [-0.05, 0) is 26.0 Å². The van der Waals surface area contributed by atoms with Crippen LogP contribution in [-0.2, 0) is 0 Å². The van der Waals surface area contributed by atoms with Gasteiger partial charge in [-0.15, -0.1) is 0 Å². The molecule has 0 aliphatic heterocycles. The van der Waals surface area contributed by atoms with Gasteiger partial charge in [0.15, 0.2) is 0 Å². The first-order chi connectivity index (χ1) is 8.77. The lowest BCUT2D eigenvalue weighted by molar-refractivity contribution is 0.328. The molecule has 0 N–H and O–H groups in total. The van der Waals surface area contributed by atoms with E-state index in [9.17, 15) is 0 Å². The molecule has 0 radical (unpaired) electrons. The topological polar surface area (TPSA) is 57.1 Å². The second kappa shape index (κ2) is 5.44. The molecule has 2 aromatic rings. The average Bonchev–Trinajstić information content (AvgIpc) is 2.40. The number of pyridine rings is 1. The van der Waals surface area contributed by atoms with Crippen LogP contribution in [0.4, 0.5) is 0 Å². The van der Waals surface area contributed by atoms with E-state index in [1.54, 1.807) is 13.3 Å². The minimum Gasteiger partial charge on any atom is -0.480 e. The summed E-state index contributed by atoms with van der Waals surface area (Å²) < 4.78 is 10.8. The summed E-state index contributed by atoms with van der Waals surface area (Å²) in [4.78, 5) is 12.5. The Balaban J connectivity index is 2.61. The van der Waals surface area contributed by atoms with Crippen molar-refractivity contribution in [2.45, 2.75) is 13.8 Å². The molecule has 0 saturated heterocycles. The second-order valence-electron chi connectivity index (χ2n) is 3.63. The molecule has 0 fully saturated rings. The van der Waals surface area contributed by atoms with Crippen LogP contribution >= 0.6 is 0 Å². The highest BCUT2D eigenvalue weighted by molar-refractivity contribution is 5.74. The van der Waals surface area contributed by atoms with Crippen LogP contribution in [0, 0.1) is 6.92 Å². The monoisotopic (exact) mass is 245 g/mol. The second-order valence-corrected chi connectivity index (χ2v) is 3.63. The normalized spacial score (nSPS) is 10.2. The Labute approximate surface area is 106 Å². The van der Waals surface area contributed by atoms with Gasteiger partial charge in [-0.2, -0.15) is 0 Å². The van der Waals surface area contributed by atoms with Crippen molar-refractivity contribution >= 4 is 0 Å². The zero-order valence-electron chi connectivity index (χ0n) is 10.7. The summed E-state index contributed by atoms with van der Waals surface area (Å²) in [6.07, 6.45) is 3.18. The van der Waals surface area contributed by atoms with Crippen molar-refractivity contribution in [3.63, 3.8) is 0 Å². The largest absolute Gasteiger partial charge is 0.480 e. The average molecular weight is 245 g/mol. The van der Waals surface area contributed by atoms with Gasteiger partial charge in [0, 0.05) is 6.20 Å². The maximum Gasteiger partial charge on any atom is 0.224 e. The molecule has 2 rings (SSSR count). The van der Waals surface area contributed by atoms with E-state index in [1.165, 1.54) is 6.33 Å². The Bertz CT molecular complexity index is 544. The van der Waals surface area contributed by atoms with Crippen LogP contribution in [-0.4, -0.2) is 28.7 Å². The fourth-order valence-corrected chi connectivity index (χ4v) is 1.75. The SMILES string of the molecule is CCOc1ncccc1-c1c(C)ncnc1OC. The van der Waals surface area contributed by atoms with E-state index >= 15 is 0 Å². The van der Waals surface area contributed by atoms with Crippen LogP contribution in [0.25, 0.3) is 11.1 Å². The zero-order valence-corrected chi connectivity index (χ0v) is 10.7. The van der Waals surface area contributed by atoms with Gasteiger partial charge in [-0.25, -0.2) is 15.0 Å². The first-order valence-corrected chi connectivity index (χ1v) is 5.71. The Morgan fingerprint density at radius 1 is 1.17 bits per heavy atom. The van der Waals surface area contributed by atoms with Crippen molar-refractivity contribution < 1.29 is 9.47 Å². The lowest BCUT2D eigenvalue weighted by Gasteiger charge is -2.12. The molecule has 5 heteroatoms. The van der Waals surface area contributed by atoms with Crippen LogP contribution in [0.3, 0.4) is 0 Å². The maximum atomic E-state index is 5.52. The molecule has 0 aliphatic carbocycles. The van der Waals surface area contributed by atoms with E-state index in [4.69, 9.17) is 9.47 Å². The molecular formula is C13H15N3O2. The summed E-state index contributed by atoms with van der Waals surface area (Å²) in [5.41, 5.74) is 2.49. The Morgan fingerprint density at radius 2 is 2.00 bits per heavy atom. The number of hydrogen-bond acceptors (Lipinski definition) is 5. The molecule has 0 aromatic carbocycles. The number of aromatic nitrogens is 3. The van der Waals surface area contributed by atoms with Crippen LogP contribution in [0.1, 0.15) is 12.6 Å². The Hall–Kier alpha value is -2.17. The number of hydrogen-bond donors (Lipinski definition) is 0. The van der Waals surface area contributed by atoms with Gasteiger partial charge < -0.3 is 9.47 Å². The third-order valence-corrected chi connectivity index (χ3v) is 2.52. The third kappa shape index (κ3) is 2.25. The van der Waals surface area contributed by atoms with Gasteiger partial charge in [-0.1, -0.05) is 0 Å². The Morgan fingerprint density at radius 3 is 2.72 bits per heavy atom. The van der Waals surface area contributed by atoms with Gasteiger partial charge in [-0.3, -0.25) is 0 Å². The summed E-state index contributed by atoms with van der Waals surface area (Å²) in [6.45, 7) is 4.38. The minimum absolute atomic E-state index is 0.524. The standard InChI is InChI=1S/C13H15N3O2/c1-4-18-12-10(6-5-7-14-12)11-9(2)15-8-16-13(11)17-3/h5-8H,4H2,1-3H3. The van der Waals surface area contributed by atoms with Crippen LogP contribution in [0.15, 0.2) is 24.7 Å². The van der Waals surface area contributed by atoms with E-state index in [2.05, 4.69) is 15.0 Å². The first-order valence-electron chi connectivity index (χ1n) is 5.71. The molecule has 94 valence electrons. The highest BCUT2D eigenvalue weighted by Crippen LogP contribution is 2.35. The summed E-state index contributed by atoms with van der Waals surface area (Å²) in [5.74, 6) is 1.09. The number of aryl methyl sites for hydroxylation is 1. The number of ether oxygens (including phenoxy) is 2. The molecule has 2 heterocycles. The van der Waals surface area contributed by atoms with Gasteiger partial charge in [0.1, 0.15) is 6.33 Å². The molecular weight excluding hydrogens is 230 g/mol. The van der Waals surface area contributed by atoms with E-state index in [0.29, 0.717) is 18.4 Å². The van der Waals surface area contributed by atoms with Crippen molar-refractivity contribution in [3.05, 3.63) is 30.4 Å².